The quantitative estimate of drug-likeness (QED) is 0.772. The van der Waals surface area contributed by atoms with Gasteiger partial charge in [0.15, 0.2) is 0 Å². The van der Waals surface area contributed by atoms with Crippen LogP contribution in [0.1, 0.15) is 37.2 Å². The van der Waals surface area contributed by atoms with E-state index in [2.05, 4.69) is 5.32 Å². The summed E-state index contributed by atoms with van der Waals surface area (Å²) in [6.45, 7) is 0. The van der Waals surface area contributed by atoms with E-state index in [0.29, 0.717) is 11.6 Å². The van der Waals surface area contributed by atoms with Crippen LogP contribution in [-0.4, -0.2) is 5.91 Å². The molecule has 2 aliphatic rings. The molecule has 1 N–H and O–H groups in total. The summed E-state index contributed by atoms with van der Waals surface area (Å²) in [5, 5.41) is 2.68. The van der Waals surface area contributed by atoms with Crippen molar-refractivity contribution in [3.8, 4) is 0 Å². The molecule has 1 unspecified atom stereocenters. The summed E-state index contributed by atoms with van der Waals surface area (Å²) in [5.41, 5.74) is 1.27. The molecule has 2 nitrogen and oxygen atoms in total. The molecule has 0 saturated heterocycles. The van der Waals surface area contributed by atoms with Gasteiger partial charge in [-0.15, -0.1) is 0 Å². The molecule has 1 amide bonds. The van der Waals surface area contributed by atoms with Gasteiger partial charge in [0.25, 0.3) is 0 Å². The lowest BCUT2D eigenvalue weighted by Gasteiger charge is -2.16. The number of amides is 1. The van der Waals surface area contributed by atoms with E-state index in [4.69, 9.17) is 0 Å². The third-order valence-electron chi connectivity index (χ3n) is 3.78. The summed E-state index contributed by atoms with van der Waals surface area (Å²) in [5.74, 6) is -0.0467. The molecule has 1 atom stereocenters. The summed E-state index contributed by atoms with van der Waals surface area (Å²) in [4.78, 5) is 11.9. The fraction of sp³-hybridized carbons (Fsp3) is 0.462. The van der Waals surface area contributed by atoms with Crippen LogP contribution in [-0.2, 0) is 4.79 Å². The first kappa shape index (κ1) is 9.82. The van der Waals surface area contributed by atoms with Gasteiger partial charge < -0.3 is 5.32 Å². The topological polar surface area (TPSA) is 29.1 Å². The number of fused-ring (bicyclic) bond motifs is 1. The number of carbonyl (C=O) groups is 1. The predicted molar refractivity (Wildman–Crippen MR) is 59.7 cm³/mol. The van der Waals surface area contributed by atoms with Crippen molar-refractivity contribution in [1.82, 2.24) is 0 Å². The van der Waals surface area contributed by atoms with Crippen molar-refractivity contribution in [3.63, 3.8) is 0 Å². The van der Waals surface area contributed by atoms with Crippen LogP contribution in [0.2, 0.25) is 0 Å². The van der Waals surface area contributed by atoms with E-state index in [9.17, 15) is 9.18 Å². The van der Waals surface area contributed by atoms with E-state index in [1.807, 2.05) is 6.07 Å². The molecule has 16 heavy (non-hydrogen) atoms. The lowest BCUT2D eigenvalue weighted by molar-refractivity contribution is -0.118. The lowest BCUT2D eigenvalue weighted by atomic mass is 9.86. The van der Waals surface area contributed by atoms with Crippen LogP contribution in [0.15, 0.2) is 18.2 Å². The van der Waals surface area contributed by atoms with Gasteiger partial charge in [0.05, 0.1) is 11.6 Å². The number of benzene rings is 1. The van der Waals surface area contributed by atoms with Crippen molar-refractivity contribution in [3.05, 3.63) is 29.6 Å². The highest BCUT2D eigenvalue weighted by Gasteiger charge is 2.38. The van der Waals surface area contributed by atoms with Crippen LogP contribution in [0.5, 0.6) is 0 Å². The standard InChI is InChI=1S/C13H14FNO/c14-10-7-3-6-9-11(8-4-1-2-5-8)13(16)15-12(9)10/h3,6-8,11H,1-2,4-5H2,(H,15,16). The zero-order valence-corrected chi connectivity index (χ0v) is 9.00. The van der Waals surface area contributed by atoms with Crippen LogP contribution in [0, 0.1) is 11.7 Å². The van der Waals surface area contributed by atoms with Crippen LogP contribution < -0.4 is 5.32 Å². The summed E-state index contributed by atoms with van der Waals surface area (Å²) < 4.78 is 13.5. The first-order chi connectivity index (χ1) is 7.77. The maximum Gasteiger partial charge on any atom is 0.232 e. The zero-order chi connectivity index (χ0) is 11.1. The van der Waals surface area contributed by atoms with E-state index >= 15 is 0 Å². The van der Waals surface area contributed by atoms with E-state index < -0.39 is 0 Å². The molecule has 0 bridgehead atoms. The Hall–Kier alpha value is -1.38. The van der Waals surface area contributed by atoms with Gasteiger partial charge in [0, 0.05) is 0 Å². The van der Waals surface area contributed by atoms with Crippen molar-refractivity contribution in [2.45, 2.75) is 31.6 Å². The van der Waals surface area contributed by atoms with Gasteiger partial charge in [-0.25, -0.2) is 4.39 Å². The fourth-order valence-electron chi connectivity index (χ4n) is 3.03. The smallest absolute Gasteiger partial charge is 0.232 e. The Bertz CT molecular complexity index is 438. The number of hydrogen-bond donors (Lipinski definition) is 1. The van der Waals surface area contributed by atoms with Gasteiger partial charge >= 0.3 is 0 Å². The Morgan fingerprint density at radius 1 is 1.25 bits per heavy atom. The number of halogens is 1. The monoisotopic (exact) mass is 219 g/mol. The molecular formula is C13H14FNO. The van der Waals surface area contributed by atoms with Crippen LogP contribution in [0.25, 0.3) is 0 Å². The molecule has 1 aromatic carbocycles. The molecule has 84 valence electrons. The van der Waals surface area contributed by atoms with Crippen molar-refractivity contribution in [2.75, 3.05) is 5.32 Å². The second-order valence-corrected chi connectivity index (χ2v) is 4.72. The lowest BCUT2D eigenvalue weighted by Crippen LogP contribution is -2.18. The van der Waals surface area contributed by atoms with Gasteiger partial charge in [-0.3, -0.25) is 4.79 Å². The predicted octanol–water partition coefficient (Wildman–Crippen LogP) is 3.05. The normalized spacial score (nSPS) is 24.6. The summed E-state index contributed by atoms with van der Waals surface area (Å²) in [6, 6.07) is 4.96. The van der Waals surface area contributed by atoms with Gasteiger partial charge in [-0.05, 0) is 30.4 Å². The van der Waals surface area contributed by atoms with Crippen molar-refractivity contribution in [1.29, 1.82) is 0 Å². The molecular weight excluding hydrogens is 205 g/mol. The molecule has 3 rings (SSSR count). The highest BCUT2D eigenvalue weighted by molar-refractivity contribution is 6.03. The van der Waals surface area contributed by atoms with E-state index in [1.165, 1.54) is 18.9 Å². The number of anilines is 1. The second-order valence-electron chi connectivity index (χ2n) is 4.72. The van der Waals surface area contributed by atoms with Crippen molar-refractivity contribution < 1.29 is 9.18 Å². The maximum atomic E-state index is 13.5. The first-order valence-corrected chi connectivity index (χ1v) is 5.86. The van der Waals surface area contributed by atoms with Gasteiger partial charge in [0.1, 0.15) is 5.82 Å². The minimum atomic E-state index is -0.314. The fourth-order valence-corrected chi connectivity index (χ4v) is 3.03. The van der Waals surface area contributed by atoms with E-state index in [1.54, 1.807) is 6.07 Å². The van der Waals surface area contributed by atoms with E-state index in [0.717, 1.165) is 18.4 Å². The van der Waals surface area contributed by atoms with Gasteiger partial charge in [-0.1, -0.05) is 25.0 Å². The number of rotatable bonds is 1. The van der Waals surface area contributed by atoms with Crippen LogP contribution in [0.4, 0.5) is 10.1 Å². The molecule has 1 saturated carbocycles. The highest BCUT2D eigenvalue weighted by Crippen LogP contribution is 2.44. The minimum Gasteiger partial charge on any atom is -0.323 e. The van der Waals surface area contributed by atoms with Crippen LogP contribution >= 0.6 is 0 Å². The molecule has 3 heteroatoms. The third kappa shape index (κ3) is 1.34. The Morgan fingerprint density at radius 2 is 2.00 bits per heavy atom. The molecule has 1 aromatic rings. The molecule has 1 aliphatic heterocycles. The van der Waals surface area contributed by atoms with Crippen molar-refractivity contribution >= 4 is 11.6 Å². The summed E-state index contributed by atoms with van der Waals surface area (Å²) >= 11 is 0. The van der Waals surface area contributed by atoms with E-state index in [-0.39, 0.29) is 17.6 Å². The highest BCUT2D eigenvalue weighted by atomic mass is 19.1. The second kappa shape index (κ2) is 3.58. The number of nitrogens with one attached hydrogen (secondary N) is 1. The summed E-state index contributed by atoms with van der Waals surface area (Å²) in [7, 11) is 0. The maximum absolute atomic E-state index is 13.5. The van der Waals surface area contributed by atoms with Crippen LogP contribution in [0.3, 0.4) is 0 Å². The number of hydrogen-bond acceptors (Lipinski definition) is 1. The zero-order valence-electron chi connectivity index (χ0n) is 9.00. The molecule has 0 radical (unpaired) electrons. The molecule has 0 aromatic heterocycles. The average Bonchev–Trinajstić information content (AvgIpc) is 2.85. The first-order valence-electron chi connectivity index (χ1n) is 5.86. The Kier molecular flexibility index (Phi) is 2.20. The largest absolute Gasteiger partial charge is 0.323 e. The molecule has 1 aliphatic carbocycles. The number of carbonyl (C=O) groups excluding carboxylic acids is 1. The summed E-state index contributed by atoms with van der Waals surface area (Å²) in [6.07, 6.45) is 4.57. The molecule has 0 spiro atoms. The SMILES string of the molecule is O=C1Nc2c(F)cccc2C1C1CCCC1. The minimum absolute atomic E-state index is 0.0213. The number of para-hydroxylation sites is 1. The molecule has 1 fully saturated rings. The van der Waals surface area contributed by atoms with Crippen molar-refractivity contribution in [2.24, 2.45) is 5.92 Å². The molecule has 1 heterocycles. The Labute approximate surface area is 93.9 Å². The Morgan fingerprint density at radius 3 is 2.75 bits per heavy atom. The average molecular weight is 219 g/mol. The van der Waals surface area contributed by atoms with Gasteiger partial charge in [0.2, 0.25) is 5.91 Å². The van der Waals surface area contributed by atoms with Gasteiger partial charge in [-0.2, -0.15) is 0 Å². The third-order valence-corrected chi connectivity index (χ3v) is 3.78. The Balaban J connectivity index is 2.02.